The van der Waals surface area contributed by atoms with E-state index in [0.717, 1.165) is 60.4 Å². The van der Waals surface area contributed by atoms with Gasteiger partial charge < -0.3 is 8.83 Å². The van der Waals surface area contributed by atoms with Crippen molar-refractivity contribution in [3.8, 4) is 33.4 Å². The average molecular weight is 687 g/mol. The second kappa shape index (κ2) is 11.2. The van der Waals surface area contributed by atoms with Gasteiger partial charge in [-0.15, -0.1) is 0 Å². The largest absolute Gasteiger partial charge is 0.455 e. The Labute approximate surface area is 310 Å². The zero-order valence-corrected chi connectivity index (χ0v) is 29.1. The summed E-state index contributed by atoms with van der Waals surface area (Å²) in [6.07, 6.45) is 0. The predicted molar refractivity (Wildman–Crippen MR) is 227 cm³/mol. The van der Waals surface area contributed by atoms with Gasteiger partial charge in [0, 0.05) is 21.5 Å². The Bertz CT molecular complexity index is 3440. The number of furan rings is 2. The summed E-state index contributed by atoms with van der Waals surface area (Å²) in [4.78, 5) is 0. The lowest BCUT2D eigenvalue weighted by atomic mass is 9.84. The molecule has 10 aromatic carbocycles. The van der Waals surface area contributed by atoms with Crippen LogP contribution in [-0.2, 0) is 0 Å². The van der Waals surface area contributed by atoms with Crippen LogP contribution in [0.15, 0.2) is 191 Å². The average Bonchev–Trinajstić information content (AvgIpc) is 3.81. The molecule has 0 fully saturated rings. The molecule has 0 N–H and O–H groups in total. The van der Waals surface area contributed by atoms with Gasteiger partial charge >= 0.3 is 0 Å². The molecule has 12 aromatic rings. The summed E-state index contributed by atoms with van der Waals surface area (Å²) in [5, 5.41) is 14.1. The first kappa shape index (κ1) is 29.4. The van der Waals surface area contributed by atoms with Gasteiger partial charge in [-0.1, -0.05) is 146 Å². The van der Waals surface area contributed by atoms with Crippen molar-refractivity contribution in [1.82, 2.24) is 0 Å². The number of hydrogen-bond donors (Lipinski definition) is 0. The summed E-state index contributed by atoms with van der Waals surface area (Å²) in [5.74, 6) is 0. The Kier molecular flexibility index (Phi) is 6.09. The maximum Gasteiger partial charge on any atom is 0.147 e. The zero-order chi connectivity index (χ0) is 35.3. The highest BCUT2D eigenvalue weighted by molar-refractivity contribution is 6.26. The van der Waals surface area contributed by atoms with Crippen LogP contribution in [0.3, 0.4) is 0 Å². The van der Waals surface area contributed by atoms with Crippen LogP contribution >= 0.6 is 0 Å². The molecule has 0 amide bonds. The molecule has 0 bridgehead atoms. The Balaban J connectivity index is 1.05. The quantitative estimate of drug-likeness (QED) is 0.173. The Morgan fingerprint density at radius 2 is 0.833 bits per heavy atom. The van der Waals surface area contributed by atoms with E-state index in [9.17, 15) is 0 Å². The Morgan fingerprint density at radius 1 is 0.278 bits per heavy atom. The molecule has 0 aliphatic heterocycles. The molecule has 0 aliphatic carbocycles. The molecular weight excluding hydrogens is 657 g/mol. The normalized spacial score (nSPS) is 12.1. The molecule has 0 spiro atoms. The molecule has 2 heteroatoms. The fraction of sp³-hybridized carbons (Fsp3) is 0. The Morgan fingerprint density at radius 3 is 1.61 bits per heavy atom. The van der Waals surface area contributed by atoms with Crippen LogP contribution in [0.2, 0.25) is 0 Å². The van der Waals surface area contributed by atoms with Crippen molar-refractivity contribution in [2.45, 2.75) is 0 Å². The van der Waals surface area contributed by atoms with Crippen molar-refractivity contribution < 1.29 is 8.83 Å². The van der Waals surface area contributed by atoms with Crippen LogP contribution in [0.25, 0.3) is 120 Å². The number of hydrogen-bond acceptors (Lipinski definition) is 2. The van der Waals surface area contributed by atoms with Gasteiger partial charge in [0.25, 0.3) is 0 Å². The highest BCUT2D eigenvalue weighted by Gasteiger charge is 2.20. The summed E-state index contributed by atoms with van der Waals surface area (Å²) >= 11 is 0. The van der Waals surface area contributed by atoms with E-state index in [1.165, 1.54) is 60.0 Å². The first-order valence-corrected chi connectivity index (χ1v) is 18.5. The molecule has 250 valence electrons. The molecular formula is C52H30O2. The fourth-order valence-corrected chi connectivity index (χ4v) is 9.03. The third kappa shape index (κ3) is 4.17. The summed E-state index contributed by atoms with van der Waals surface area (Å²) in [6.45, 7) is 0. The monoisotopic (exact) mass is 686 g/mol. The van der Waals surface area contributed by atoms with Crippen molar-refractivity contribution in [2.75, 3.05) is 0 Å². The third-order valence-electron chi connectivity index (χ3n) is 11.4. The molecule has 2 heterocycles. The van der Waals surface area contributed by atoms with E-state index < -0.39 is 0 Å². The fourth-order valence-electron chi connectivity index (χ4n) is 9.03. The third-order valence-corrected chi connectivity index (χ3v) is 11.4. The minimum atomic E-state index is 0.840. The summed E-state index contributed by atoms with van der Waals surface area (Å²) in [5.41, 5.74) is 10.8. The highest BCUT2D eigenvalue weighted by atomic mass is 16.3. The van der Waals surface area contributed by atoms with Crippen molar-refractivity contribution in [3.63, 3.8) is 0 Å². The smallest absolute Gasteiger partial charge is 0.147 e. The van der Waals surface area contributed by atoms with Crippen LogP contribution < -0.4 is 0 Å². The molecule has 0 atom stereocenters. The van der Waals surface area contributed by atoms with Crippen LogP contribution in [0.1, 0.15) is 0 Å². The highest BCUT2D eigenvalue weighted by Crippen LogP contribution is 2.46. The van der Waals surface area contributed by atoms with Crippen molar-refractivity contribution in [2.24, 2.45) is 0 Å². The predicted octanol–water partition coefficient (Wildman–Crippen LogP) is 15.1. The van der Waals surface area contributed by atoms with Gasteiger partial charge in [0.15, 0.2) is 0 Å². The minimum Gasteiger partial charge on any atom is -0.455 e. The molecule has 2 aromatic heterocycles. The molecule has 54 heavy (non-hydrogen) atoms. The lowest BCUT2D eigenvalue weighted by molar-refractivity contribution is 0.665. The van der Waals surface area contributed by atoms with Gasteiger partial charge in [-0.3, -0.25) is 0 Å². The van der Waals surface area contributed by atoms with Crippen molar-refractivity contribution in [3.05, 3.63) is 182 Å². The summed E-state index contributed by atoms with van der Waals surface area (Å²) in [6, 6.07) is 65.7. The van der Waals surface area contributed by atoms with E-state index in [0.29, 0.717) is 0 Å². The molecule has 0 radical (unpaired) electrons. The van der Waals surface area contributed by atoms with E-state index >= 15 is 0 Å². The van der Waals surface area contributed by atoms with Crippen LogP contribution in [0.5, 0.6) is 0 Å². The van der Waals surface area contributed by atoms with E-state index in [1.807, 2.05) is 0 Å². The molecule has 2 nitrogen and oxygen atoms in total. The van der Waals surface area contributed by atoms with Crippen molar-refractivity contribution in [1.29, 1.82) is 0 Å². The number of benzene rings is 10. The van der Waals surface area contributed by atoms with Crippen LogP contribution in [0, 0.1) is 0 Å². The number of fused-ring (bicyclic) bond motifs is 12. The maximum atomic E-state index is 6.64. The Hall–Kier alpha value is -7.16. The van der Waals surface area contributed by atoms with Crippen molar-refractivity contribution >= 4 is 87.0 Å². The zero-order valence-electron chi connectivity index (χ0n) is 29.1. The van der Waals surface area contributed by atoms with Gasteiger partial charge in [-0.25, -0.2) is 0 Å². The molecule has 0 saturated heterocycles. The minimum absolute atomic E-state index is 0.840. The van der Waals surface area contributed by atoms with Gasteiger partial charge in [-0.05, 0) is 107 Å². The lowest BCUT2D eigenvalue weighted by Gasteiger charge is -2.19. The molecule has 0 unspecified atom stereocenters. The standard InChI is InChI=1S/C52H30O2/c1-3-16-36-31(11-1)13-10-22-38(36)49-41-20-7-5-18-39(41)48(40-19-6-8-21-42(40)49)35-15-9-14-33(29-35)34-24-27-46-45(30-34)43-26-28-47-50(52(43)53-46)44-25-23-32-12-2-4-17-37(32)51(44)54-47/h1-30H. The second-order valence-corrected chi connectivity index (χ2v) is 14.3. The van der Waals surface area contributed by atoms with E-state index in [1.54, 1.807) is 0 Å². The molecule has 0 saturated carbocycles. The number of rotatable bonds is 3. The van der Waals surface area contributed by atoms with Gasteiger partial charge in [0.2, 0.25) is 0 Å². The van der Waals surface area contributed by atoms with E-state index in [2.05, 4.69) is 182 Å². The topological polar surface area (TPSA) is 26.3 Å². The SMILES string of the molecule is c1cc(-c2ccc3oc4c(ccc5oc6c7ccccc7ccc6c54)c3c2)cc(-c2c3ccccc3c(-c3cccc4ccccc34)c3ccccc23)c1. The summed E-state index contributed by atoms with van der Waals surface area (Å²) < 4.78 is 13.1. The van der Waals surface area contributed by atoms with Gasteiger partial charge in [0.1, 0.15) is 22.3 Å². The first-order chi connectivity index (χ1) is 26.8. The molecule has 12 rings (SSSR count). The molecule has 0 aliphatic rings. The lowest BCUT2D eigenvalue weighted by Crippen LogP contribution is -1.92. The maximum absolute atomic E-state index is 6.64. The van der Waals surface area contributed by atoms with Gasteiger partial charge in [0.05, 0.1) is 5.39 Å². The van der Waals surface area contributed by atoms with E-state index in [4.69, 9.17) is 8.83 Å². The second-order valence-electron chi connectivity index (χ2n) is 14.3. The summed E-state index contributed by atoms with van der Waals surface area (Å²) in [7, 11) is 0. The van der Waals surface area contributed by atoms with Crippen LogP contribution in [-0.4, -0.2) is 0 Å². The van der Waals surface area contributed by atoms with E-state index in [-0.39, 0.29) is 0 Å². The van der Waals surface area contributed by atoms with Gasteiger partial charge in [-0.2, -0.15) is 0 Å². The first-order valence-electron chi connectivity index (χ1n) is 18.5. The van der Waals surface area contributed by atoms with Crippen LogP contribution in [0.4, 0.5) is 0 Å².